The molecule has 0 fully saturated rings. The maximum atomic E-state index is 13.0. The number of benzene rings is 2. The summed E-state index contributed by atoms with van der Waals surface area (Å²) < 4.78 is 31.5. The SMILES string of the molecule is Cc1ccc(S(=O)(=O)c2ccc(Sc3cccc[n+]3[O-])c3nonc23)cc1. The number of pyridine rings is 1. The van der Waals surface area contributed by atoms with Crippen molar-refractivity contribution in [3.8, 4) is 0 Å². The van der Waals surface area contributed by atoms with Gasteiger partial charge in [0.25, 0.3) is 5.03 Å². The van der Waals surface area contributed by atoms with Crippen LogP contribution in [0, 0.1) is 12.1 Å². The van der Waals surface area contributed by atoms with E-state index in [0.29, 0.717) is 9.92 Å². The average molecular weight is 399 g/mol. The van der Waals surface area contributed by atoms with E-state index in [-0.39, 0.29) is 20.8 Å². The molecule has 0 bridgehead atoms. The van der Waals surface area contributed by atoms with Gasteiger partial charge in [-0.15, -0.1) is 0 Å². The fraction of sp³-hybridized carbons (Fsp3) is 0.0556. The van der Waals surface area contributed by atoms with Crippen LogP contribution in [0.4, 0.5) is 0 Å². The van der Waals surface area contributed by atoms with Crippen LogP contribution in [0.1, 0.15) is 5.56 Å². The number of aryl methyl sites for hydroxylation is 1. The summed E-state index contributed by atoms with van der Waals surface area (Å²) in [5.41, 5.74) is 1.38. The van der Waals surface area contributed by atoms with E-state index in [4.69, 9.17) is 4.63 Å². The zero-order valence-corrected chi connectivity index (χ0v) is 15.7. The van der Waals surface area contributed by atoms with Crippen LogP contribution in [0.15, 0.2) is 85.1 Å². The second-order valence-corrected chi connectivity index (χ2v) is 8.79. The fourth-order valence-corrected chi connectivity index (χ4v) is 4.84. The van der Waals surface area contributed by atoms with Gasteiger partial charge in [-0.2, -0.15) is 4.73 Å². The third-order valence-corrected chi connectivity index (χ3v) is 6.84. The second kappa shape index (κ2) is 6.67. The first-order chi connectivity index (χ1) is 13.0. The van der Waals surface area contributed by atoms with Crippen molar-refractivity contribution < 1.29 is 17.8 Å². The van der Waals surface area contributed by atoms with E-state index in [0.717, 1.165) is 22.1 Å². The molecule has 0 amide bonds. The Hall–Kier alpha value is -2.91. The summed E-state index contributed by atoms with van der Waals surface area (Å²) in [6.45, 7) is 1.88. The first-order valence-corrected chi connectivity index (χ1v) is 10.2. The zero-order chi connectivity index (χ0) is 19.0. The minimum absolute atomic E-state index is 0.00927. The molecule has 0 aliphatic rings. The molecule has 0 aliphatic carbocycles. The van der Waals surface area contributed by atoms with Gasteiger partial charge in [-0.3, -0.25) is 0 Å². The average Bonchev–Trinajstić information content (AvgIpc) is 3.14. The molecule has 4 rings (SSSR count). The molecule has 0 saturated carbocycles. The zero-order valence-electron chi connectivity index (χ0n) is 14.1. The number of hydrogen-bond acceptors (Lipinski definition) is 7. The Morgan fingerprint density at radius 2 is 1.74 bits per heavy atom. The van der Waals surface area contributed by atoms with Crippen molar-refractivity contribution in [2.24, 2.45) is 0 Å². The number of sulfone groups is 1. The highest BCUT2D eigenvalue weighted by Gasteiger charge is 2.25. The monoisotopic (exact) mass is 399 g/mol. The molecule has 0 unspecified atom stereocenters. The molecule has 0 radical (unpaired) electrons. The number of hydrogen-bond donors (Lipinski definition) is 0. The molecule has 9 heteroatoms. The van der Waals surface area contributed by atoms with Gasteiger partial charge in [-0.25, -0.2) is 13.0 Å². The van der Waals surface area contributed by atoms with Crippen molar-refractivity contribution in [3.05, 3.63) is 71.6 Å². The number of fused-ring (bicyclic) bond motifs is 1. The molecule has 0 spiro atoms. The molecule has 2 heterocycles. The first kappa shape index (κ1) is 17.5. The van der Waals surface area contributed by atoms with Gasteiger partial charge in [0, 0.05) is 17.0 Å². The lowest BCUT2D eigenvalue weighted by Crippen LogP contribution is -2.27. The van der Waals surface area contributed by atoms with E-state index >= 15 is 0 Å². The van der Waals surface area contributed by atoms with E-state index in [2.05, 4.69) is 10.3 Å². The van der Waals surface area contributed by atoms with Gasteiger partial charge < -0.3 is 5.21 Å². The normalized spacial score (nSPS) is 11.7. The van der Waals surface area contributed by atoms with Crippen LogP contribution in [0.3, 0.4) is 0 Å². The van der Waals surface area contributed by atoms with Crippen LogP contribution in [0.25, 0.3) is 11.0 Å². The van der Waals surface area contributed by atoms with Crippen molar-refractivity contribution in [1.82, 2.24) is 10.3 Å². The Morgan fingerprint density at radius 3 is 2.48 bits per heavy atom. The maximum absolute atomic E-state index is 13.0. The number of nitrogens with zero attached hydrogens (tertiary/aromatic N) is 3. The van der Waals surface area contributed by atoms with Gasteiger partial charge in [0.05, 0.1) is 4.90 Å². The molecule has 2 aromatic carbocycles. The van der Waals surface area contributed by atoms with E-state index in [1.165, 1.54) is 12.3 Å². The Morgan fingerprint density at radius 1 is 1.00 bits per heavy atom. The lowest BCUT2D eigenvalue weighted by Gasteiger charge is -2.07. The molecule has 0 aliphatic heterocycles. The standard InChI is InChI=1S/C18H13N3O4S2/c1-12-5-7-13(8-6-12)27(23,24)15-10-9-14(17-18(15)20-25-19-17)26-16-4-2-3-11-21(16)22/h2-11H,1H3. The summed E-state index contributed by atoms with van der Waals surface area (Å²) in [7, 11) is -3.79. The third-order valence-electron chi connectivity index (χ3n) is 3.97. The minimum atomic E-state index is -3.79. The summed E-state index contributed by atoms with van der Waals surface area (Å²) in [6, 6.07) is 14.7. The van der Waals surface area contributed by atoms with Crippen LogP contribution in [0.2, 0.25) is 0 Å². The van der Waals surface area contributed by atoms with Gasteiger partial charge in [0.1, 0.15) is 4.90 Å². The molecular weight excluding hydrogens is 386 g/mol. The van der Waals surface area contributed by atoms with Gasteiger partial charge in [0.15, 0.2) is 17.2 Å². The van der Waals surface area contributed by atoms with Gasteiger partial charge >= 0.3 is 0 Å². The molecule has 0 saturated heterocycles. The van der Waals surface area contributed by atoms with E-state index in [9.17, 15) is 13.6 Å². The van der Waals surface area contributed by atoms with Crippen LogP contribution >= 0.6 is 11.8 Å². The molecular formula is C18H13N3O4S2. The Balaban J connectivity index is 1.82. The van der Waals surface area contributed by atoms with Gasteiger partial charge in [-0.05, 0) is 59.3 Å². The Kier molecular flexibility index (Phi) is 4.33. The van der Waals surface area contributed by atoms with Crippen molar-refractivity contribution in [2.45, 2.75) is 26.6 Å². The molecule has 7 nitrogen and oxygen atoms in total. The van der Waals surface area contributed by atoms with Crippen molar-refractivity contribution in [1.29, 1.82) is 0 Å². The highest BCUT2D eigenvalue weighted by Crippen LogP contribution is 2.35. The van der Waals surface area contributed by atoms with Crippen LogP contribution in [-0.2, 0) is 9.84 Å². The van der Waals surface area contributed by atoms with Crippen LogP contribution in [0.5, 0.6) is 0 Å². The molecule has 0 N–H and O–H groups in total. The summed E-state index contributed by atoms with van der Waals surface area (Å²) in [5, 5.41) is 19.9. The fourth-order valence-electron chi connectivity index (χ4n) is 2.57. The first-order valence-electron chi connectivity index (χ1n) is 7.90. The summed E-state index contributed by atoms with van der Waals surface area (Å²) >= 11 is 1.16. The van der Waals surface area contributed by atoms with E-state index < -0.39 is 9.84 Å². The second-order valence-electron chi connectivity index (χ2n) is 5.81. The predicted molar refractivity (Wildman–Crippen MR) is 98.0 cm³/mol. The van der Waals surface area contributed by atoms with Crippen LogP contribution < -0.4 is 4.73 Å². The van der Waals surface area contributed by atoms with E-state index in [1.807, 2.05) is 6.92 Å². The minimum Gasteiger partial charge on any atom is -0.618 e. The van der Waals surface area contributed by atoms with Crippen molar-refractivity contribution >= 4 is 32.6 Å². The molecule has 27 heavy (non-hydrogen) atoms. The summed E-state index contributed by atoms with van der Waals surface area (Å²) in [4.78, 5) is 0.748. The highest BCUT2D eigenvalue weighted by atomic mass is 32.2. The molecule has 2 aromatic heterocycles. The largest absolute Gasteiger partial charge is 0.618 e. The lowest BCUT2D eigenvalue weighted by molar-refractivity contribution is -0.645. The van der Waals surface area contributed by atoms with Crippen molar-refractivity contribution in [3.63, 3.8) is 0 Å². The summed E-state index contributed by atoms with van der Waals surface area (Å²) in [5.74, 6) is 0. The molecule has 4 aromatic rings. The molecule has 136 valence electrons. The molecule has 0 atom stereocenters. The van der Waals surface area contributed by atoms with E-state index in [1.54, 1.807) is 48.5 Å². The smallest absolute Gasteiger partial charge is 0.256 e. The van der Waals surface area contributed by atoms with Gasteiger partial charge in [0.2, 0.25) is 9.84 Å². The third kappa shape index (κ3) is 3.15. The van der Waals surface area contributed by atoms with Gasteiger partial charge in [-0.1, -0.05) is 17.7 Å². The Labute approximate surface area is 159 Å². The highest BCUT2D eigenvalue weighted by molar-refractivity contribution is 7.99. The number of rotatable bonds is 4. The number of aromatic nitrogens is 3. The maximum Gasteiger partial charge on any atom is 0.256 e. The Bertz CT molecular complexity index is 1240. The quantitative estimate of drug-likeness (QED) is 0.384. The predicted octanol–water partition coefficient (Wildman–Crippen LogP) is 3.15. The van der Waals surface area contributed by atoms with Crippen molar-refractivity contribution in [2.75, 3.05) is 0 Å². The topological polar surface area (TPSA) is 100 Å². The van der Waals surface area contributed by atoms with Crippen LogP contribution in [-0.4, -0.2) is 18.7 Å². The summed E-state index contributed by atoms with van der Waals surface area (Å²) in [6.07, 6.45) is 1.39. The lowest BCUT2D eigenvalue weighted by atomic mass is 10.2.